The van der Waals surface area contributed by atoms with E-state index in [4.69, 9.17) is 27.9 Å². The minimum atomic E-state index is -0.466. The molecule has 0 aliphatic heterocycles. The van der Waals surface area contributed by atoms with Gasteiger partial charge >= 0.3 is 5.97 Å². The summed E-state index contributed by atoms with van der Waals surface area (Å²) in [7, 11) is 0. The summed E-state index contributed by atoms with van der Waals surface area (Å²) in [6, 6.07) is 1.40. The first kappa shape index (κ1) is 15.0. The molecule has 0 saturated heterocycles. The number of hydrogen-bond donors (Lipinski definition) is 0. The minimum Gasteiger partial charge on any atom is -0.458 e. The monoisotopic (exact) mass is 328 g/mol. The molecule has 2 aliphatic rings. The van der Waals surface area contributed by atoms with Crippen molar-refractivity contribution in [1.82, 2.24) is 10.2 Å². The molecule has 1 aromatic heterocycles. The van der Waals surface area contributed by atoms with Crippen molar-refractivity contribution in [3.05, 3.63) is 21.9 Å². The van der Waals surface area contributed by atoms with Crippen molar-refractivity contribution >= 4 is 29.2 Å². The van der Waals surface area contributed by atoms with Gasteiger partial charge in [-0.25, -0.2) is 4.79 Å². The number of carbonyl (C=O) groups excluding carboxylic acids is 1. The van der Waals surface area contributed by atoms with Gasteiger partial charge < -0.3 is 4.74 Å². The van der Waals surface area contributed by atoms with Gasteiger partial charge in [0, 0.05) is 5.41 Å². The topological polar surface area (TPSA) is 52.1 Å². The SMILES string of the molecule is CC1(C)C2CCC1(C)C(OC(=O)c1cc(Cl)nnc1Cl)C2. The predicted molar refractivity (Wildman–Crippen MR) is 80.5 cm³/mol. The number of carbonyl (C=O) groups is 1. The maximum absolute atomic E-state index is 12.4. The van der Waals surface area contributed by atoms with E-state index < -0.39 is 5.97 Å². The second kappa shape index (κ2) is 4.82. The molecule has 2 bridgehead atoms. The van der Waals surface area contributed by atoms with Crippen LogP contribution in [0.5, 0.6) is 0 Å². The molecule has 2 saturated carbocycles. The Labute approximate surface area is 134 Å². The van der Waals surface area contributed by atoms with Gasteiger partial charge in [0.05, 0.1) is 0 Å². The molecule has 21 heavy (non-hydrogen) atoms. The number of halogens is 2. The Morgan fingerprint density at radius 1 is 1.33 bits per heavy atom. The van der Waals surface area contributed by atoms with Gasteiger partial charge in [-0.1, -0.05) is 44.0 Å². The van der Waals surface area contributed by atoms with Gasteiger partial charge in [-0.15, -0.1) is 10.2 Å². The highest BCUT2D eigenvalue weighted by atomic mass is 35.5. The fraction of sp³-hybridized carbons (Fsp3) is 0.667. The van der Waals surface area contributed by atoms with Gasteiger partial charge in [-0.05, 0) is 36.7 Å². The van der Waals surface area contributed by atoms with Crippen molar-refractivity contribution in [1.29, 1.82) is 0 Å². The highest BCUT2D eigenvalue weighted by Gasteiger charge is 2.62. The number of nitrogens with zero attached hydrogens (tertiary/aromatic N) is 2. The molecular formula is C15H18Cl2N2O2. The fourth-order valence-electron chi connectivity index (χ4n) is 4.00. The zero-order valence-electron chi connectivity index (χ0n) is 12.3. The molecule has 2 fully saturated rings. The van der Waals surface area contributed by atoms with E-state index in [0.717, 1.165) is 12.8 Å². The van der Waals surface area contributed by atoms with E-state index in [1.54, 1.807) is 0 Å². The van der Waals surface area contributed by atoms with Crippen LogP contribution in [-0.2, 0) is 4.74 Å². The lowest BCUT2D eigenvalue weighted by molar-refractivity contribution is -0.0242. The van der Waals surface area contributed by atoms with E-state index >= 15 is 0 Å². The smallest absolute Gasteiger partial charge is 0.341 e. The summed E-state index contributed by atoms with van der Waals surface area (Å²) >= 11 is 11.7. The second-order valence-electron chi connectivity index (χ2n) is 6.88. The highest BCUT2D eigenvalue weighted by molar-refractivity contribution is 6.33. The van der Waals surface area contributed by atoms with Gasteiger partial charge in [0.1, 0.15) is 11.7 Å². The van der Waals surface area contributed by atoms with Crippen molar-refractivity contribution in [3.63, 3.8) is 0 Å². The maximum Gasteiger partial charge on any atom is 0.341 e. The van der Waals surface area contributed by atoms with E-state index in [1.165, 1.54) is 12.5 Å². The van der Waals surface area contributed by atoms with E-state index in [9.17, 15) is 4.79 Å². The molecule has 1 aromatic rings. The first-order chi connectivity index (χ1) is 9.75. The van der Waals surface area contributed by atoms with Crippen molar-refractivity contribution in [2.45, 2.75) is 46.1 Å². The summed E-state index contributed by atoms with van der Waals surface area (Å²) in [5, 5.41) is 7.41. The summed E-state index contributed by atoms with van der Waals surface area (Å²) < 4.78 is 5.76. The van der Waals surface area contributed by atoms with Crippen LogP contribution in [0.15, 0.2) is 6.07 Å². The highest BCUT2D eigenvalue weighted by Crippen LogP contribution is 2.66. The third kappa shape index (κ3) is 2.15. The first-order valence-electron chi connectivity index (χ1n) is 7.15. The molecule has 0 N–H and O–H groups in total. The zero-order chi connectivity index (χ0) is 15.4. The first-order valence-corrected chi connectivity index (χ1v) is 7.91. The summed E-state index contributed by atoms with van der Waals surface area (Å²) in [5.41, 5.74) is 0.390. The van der Waals surface area contributed by atoms with E-state index in [-0.39, 0.29) is 32.8 Å². The fourth-order valence-corrected chi connectivity index (χ4v) is 4.31. The van der Waals surface area contributed by atoms with Gasteiger partial charge in [-0.2, -0.15) is 0 Å². The lowest BCUT2D eigenvalue weighted by Crippen LogP contribution is -2.38. The molecule has 3 rings (SSSR count). The molecule has 0 amide bonds. The van der Waals surface area contributed by atoms with Crippen LogP contribution in [0, 0.1) is 16.7 Å². The lowest BCUT2D eigenvalue weighted by atomic mass is 9.70. The molecule has 3 unspecified atom stereocenters. The molecule has 0 spiro atoms. The Hall–Kier alpha value is -0.870. The molecule has 4 nitrogen and oxygen atoms in total. The van der Waals surface area contributed by atoms with Crippen LogP contribution in [0.4, 0.5) is 0 Å². The third-order valence-corrected chi connectivity index (χ3v) is 6.37. The number of esters is 1. The van der Waals surface area contributed by atoms with Crippen molar-refractivity contribution in [3.8, 4) is 0 Å². The van der Waals surface area contributed by atoms with Crippen LogP contribution in [0.3, 0.4) is 0 Å². The summed E-state index contributed by atoms with van der Waals surface area (Å²) in [4.78, 5) is 12.4. The van der Waals surface area contributed by atoms with Crippen LogP contribution in [-0.4, -0.2) is 22.3 Å². The summed E-state index contributed by atoms with van der Waals surface area (Å²) in [5.74, 6) is 0.140. The molecule has 114 valence electrons. The number of ether oxygens (including phenoxy) is 1. The zero-order valence-corrected chi connectivity index (χ0v) is 13.8. The van der Waals surface area contributed by atoms with E-state index in [2.05, 4.69) is 31.0 Å². The quantitative estimate of drug-likeness (QED) is 0.765. The Balaban J connectivity index is 1.82. The van der Waals surface area contributed by atoms with Gasteiger partial charge in [0.25, 0.3) is 0 Å². The van der Waals surface area contributed by atoms with Gasteiger partial charge in [0.2, 0.25) is 0 Å². The average Bonchev–Trinajstić information content (AvgIpc) is 2.74. The Morgan fingerprint density at radius 3 is 2.62 bits per heavy atom. The molecule has 2 aliphatic carbocycles. The molecule has 6 heteroatoms. The number of fused-ring (bicyclic) bond motifs is 2. The molecule has 0 aromatic carbocycles. The van der Waals surface area contributed by atoms with Gasteiger partial charge in [-0.3, -0.25) is 0 Å². The summed E-state index contributed by atoms with van der Waals surface area (Å²) in [6.07, 6.45) is 3.13. The maximum atomic E-state index is 12.4. The van der Waals surface area contributed by atoms with E-state index in [0.29, 0.717) is 5.92 Å². The Bertz CT molecular complexity index is 605. The number of aromatic nitrogens is 2. The van der Waals surface area contributed by atoms with Crippen LogP contribution < -0.4 is 0 Å². The molecular weight excluding hydrogens is 311 g/mol. The van der Waals surface area contributed by atoms with Crippen LogP contribution in [0.1, 0.15) is 50.4 Å². The molecule has 0 radical (unpaired) electrons. The number of rotatable bonds is 2. The van der Waals surface area contributed by atoms with Crippen molar-refractivity contribution < 1.29 is 9.53 Å². The van der Waals surface area contributed by atoms with Crippen LogP contribution in [0.2, 0.25) is 10.3 Å². The van der Waals surface area contributed by atoms with Gasteiger partial charge in [0.15, 0.2) is 10.3 Å². The summed E-state index contributed by atoms with van der Waals surface area (Å²) in [6.45, 7) is 6.77. The van der Waals surface area contributed by atoms with Crippen molar-refractivity contribution in [2.24, 2.45) is 16.7 Å². The van der Waals surface area contributed by atoms with Crippen LogP contribution in [0.25, 0.3) is 0 Å². The predicted octanol–water partition coefficient (Wildman–Crippen LogP) is 4.16. The van der Waals surface area contributed by atoms with Crippen LogP contribution >= 0.6 is 23.2 Å². The molecule has 1 heterocycles. The Morgan fingerprint density at radius 2 is 2.05 bits per heavy atom. The molecule has 3 atom stereocenters. The van der Waals surface area contributed by atoms with E-state index in [1.807, 2.05) is 0 Å². The number of hydrogen-bond acceptors (Lipinski definition) is 4. The normalized spacial score (nSPS) is 33.2. The largest absolute Gasteiger partial charge is 0.458 e. The third-order valence-electron chi connectivity index (χ3n) is 5.90. The Kier molecular flexibility index (Phi) is 3.45. The standard InChI is InChI=1S/C15H18Cl2N2O2/c1-14(2)8-4-5-15(14,3)10(6-8)21-13(20)9-7-11(16)18-19-12(9)17/h7-8,10H,4-6H2,1-3H3. The van der Waals surface area contributed by atoms with Crippen molar-refractivity contribution in [2.75, 3.05) is 0 Å². The minimum absolute atomic E-state index is 0.0179. The average molecular weight is 329 g/mol. The second-order valence-corrected chi connectivity index (χ2v) is 7.62. The lowest BCUT2D eigenvalue weighted by Gasteiger charge is -2.38.